The first kappa shape index (κ1) is 12.1. The highest BCUT2D eigenvalue weighted by Crippen LogP contribution is 2.34. The van der Waals surface area contributed by atoms with Crippen LogP contribution in [0, 0.1) is 0 Å². The Balaban J connectivity index is 1.72. The van der Waals surface area contributed by atoms with Crippen molar-refractivity contribution in [2.24, 2.45) is 0 Å². The molecule has 2 heterocycles. The average molecular weight is 259 g/mol. The van der Waals surface area contributed by atoms with Crippen LogP contribution in [-0.4, -0.2) is 6.79 Å². The van der Waals surface area contributed by atoms with Gasteiger partial charge in [-0.1, -0.05) is 6.07 Å². The molecule has 2 atom stereocenters. The summed E-state index contributed by atoms with van der Waals surface area (Å²) >= 11 is 0. The zero-order valence-corrected chi connectivity index (χ0v) is 11.1. The number of hydrogen-bond acceptors (Lipinski definition) is 4. The van der Waals surface area contributed by atoms with Crippen molar-refractivity contribution < 1.29 is 13.9 Å². The van der Waals surface area contributed by atoms with Crippen molar-refractivity contribution in [3.63, 3.8) is 0 Å². The molecule has 1 N–H and O–H groups in total. The van der Waals surface area contributed by atoms with Crippen molar-refractivity contribution in [3.8, 4) is 11.5 Å². The van der Waals surface area contributed by atoms with Gasteiger partial charge in [0.2, 0.25) is 6.79 Å². The van der Waals surface area contributed by atoms with E-state index in [4.69, 9.17) is 13.9 Å². The molecular formula is C15H17NO3. The molecule has 19 heavy (non-hydrogen) atoms. The zero-order chi connectivity index (χ0) is 13.2. The van der Waals surface area contributed by atoms with Gasteiger partial charge < -0.3 is 19.2 Å². The normalized spacial score (nSPS) is 16.3. The molecule has 0 saturated heterocycles. The van der Waals surface area contributed by atoms with Crippen molar-refractivity contribution in [1.82, 2.24) is 5.32 Å². The highest BCUT2D eigenvalue weighted by Gasteiger charge is 2.17. The number of rotatable bonds is 4. The fourth-order valence-electron chi connectivity index (χ4n) is 2.27. The second-order valence-electron chi connectivity index (χ2n) is 4.74. The largest absolute Gasteiger partial charge is 0.468 e. The molecule has 0 fully saturated rings. The zero-order valence-electron chi connectivity index (χ0n) is 11.1. The summed E-state index contributed by atoms with van der Waals surface area (Å²) in [5.41, 5.74) is 1.17. The highest BCUT2D eigenvalue weighted by molar-refractivity contribution is 5.45. The molecule has 0 aliphatic carbocycles. The molecule has 0 saturated carbocycles. The first-order valence-electron chi connectivity index (χ1n) is 6.43. The van der Waals surface area contributed by atoms with E-state index in [9.17, 15) is 0 Å². The summed E-state index contributed by atoms with van der Waals surface area (Å²) in [6, 6.07) is 10.3. The Labute approximate surface area is 112 Å². The van der Waals surface area contributed by atoms with Crippen LogP contribution in [0.4, 0.5) is 0 Å². The molecule has 0 radical (unpaired) electrons. The molecular weight excluding hydrogens is 242 g/mol. The van der Waals surface area contributed by atoms with Crippen LogP contribution >= 0.6 is 0 Å². The smallest absolute Gasteiger partial charge is 0.231 e. The standard InChI is InChI=1S/C15H17NO3/c1-10(16-11(2)13-4-3-7-17-13)12-5-6-14-15(8-12)19-9-18-14/h3-8,10-11,16H,9H2,1-2H3. The number of furan rings is 1. The Morgan fingerprint density at radius 3 is 2.68 bits per heavy atom. The molecule has 1 aromatic heterocycles. The van der Waals surface area contributed by atoms with Crippen LogP contribution < -0.4 is 14.8 Å². The average Bonchev–Trinajstić information content (AvgIpc) is 3.09. The topological polar surface area (TPSA) is 43.6 Å². The van der Waals surface area contributed by atoms with Crippen LogP contribution in [0.1, 0.15) is 37.3 Å². The van der Waals surface area contributed by atoms with Gasteiger partial charge in [0.05, 0.1) is 12.3 Å². The van der Waals surface area contributed by atoms with Gasteiger partial charge in [-0.2, -0.15) is 0 Å². The summed E-state index contributed by atoms with van der Waals surface area (Å²) in [5, 5.41) is 3.50. The Morgan fingerprint density at radius 1 is 1.05 bits per heavy atom. The summed E-state index contributed by atoms with van der Waals surface area (Å²) in [5.74, 6) is 2.57. The molecule has 0 amide bonds. The quantitative estimate of drug-likeness (QED) is 0.913. The minimum Gasteiger partial charge on any atom is -0.468 e. The third kappa shape index (κ3) is 2.44. The Bertz CT molecular complexity index is 551. The van der Waals surface area contributed by atoms with Gasteiger partial charge in [0, 0.05) is 6.04 Å². The van der Waals surface area contributed by atoms with Gasteiger partial charge in [-0.25, -0.2) is 0 Å². The molecule has 4 heteroatoms. The van der Waals surface area contributed by atoms with E-state index in [0.717, 1.165) is 17.3 Å². The fraction of sp³-hybridized carbons (Fsp3) is 0.333. The summed E-state index contributed by atoms with van der Waals surface area (Å²) in [6.07, 6.45) is 1.69. The van der Waals surface area contributed by atoms with E-state index in [1.807, 2.05) is 24.3 Å². The van der Waals surface area contributed by atoms with E-state index in [0.29, 0.717) is 6.79 Å². The van der Waals surface area contributed by atoms with Crippen LogP contribution in [0.2, 0.25) is 0 Å². The maximum atomic E-state index is 5.40. The Hall–Kier alpha value is -1.94. The Morgan fingerprint density at radius 2 is 1.89 bits per heavy atom. The molecule has 1 aliphatic rings. The lowest BCUT2D eigenvalue weighted by molar-refractivity contribution is 0.174. The number of nitrogens with one attached hydrogen (secondary N) is 1. The summed E-state index contributed by atoms with van der Waals surface area (Å²) < 4.78 is 16.1. The molecule has 1 aliphatic heterocycles. The Kier molecular flexibility index (Phi) is 3.17. The second-order valence-corrected chi connectivity index (χ2v) is 4.74. The SMILES string of the molecule is CC(NC(C)c1ccco1)c1ccc2c(c1)OCO2. The van der Waals surface area contributed by atoms with Crippen LogP contribution in [0.25, 0.3) is 0 Å². The summed E-state index contributed by atoms with van der Waals surface area (Å²) in [7, 11) is 0. The van der Waals surface area contributed by atoms with E-state index in [1.54, 1.807) is 6.26 Å². The van der Waals surface area contributed by atoms with Crippen LogP contribution in [-0.2, 0) is 0 Å². The summed E-state index contributed by atoms with van der Waals surface area (Å²) in [4.78, 5) is 0. The minimum atomic E-state index is 0.162. The number of hydrogen-bond donors (Lipinski definition) is 1. The van der Waals surface area contributed by atoms with Crippen molar-refractivity contribution in [2.75, 3.05) is 6.79 Å². The fourth-order valence-corrected chi connectivity index (χ4v) is 2.27. The molecule has 2 aromatic rings. The third-order valence-corrected chi connectivity index (χ3v) is 3.37. The number of benzene rings is 1. The number of ether oxygens (including phenoxy) is 2. The van der Waals surface area contributed by atoms with E-state index in [1.165, 1.54) is 5.56 Å². The highest BCUT2D eigenvalue weighted by atomic mass is 16.7. The van der Waals surface area contributed by atoms with Crippen LogP contribution in [0.3, 0.4) is 0 Å². The maximum absolute atomic E-state index is 5.40. The van der Waals surface area contributed by atoms with E-state index in [-0.39, 0.29) is 12.1 Å². The molecule has 1 aromatic carbocycles. The number of fused-ring (bicyclic) bond motifs is 1. The monoisotopic (exact) mass is 259 g/mol. The van der Waals surface area contributed by atoms with E-state index in [2.05, 4.69) is 25.2 Å². The van der Waals surface area contributed by atoms with Gasteiger partial charge in [0.15, 0.2) is 11.5 Å². The molecule has 3 rings (SSSR count). The molecule has 2 unspecified atom stereocenters. The second kappa shape index (κ2) is 4.97. The first-order chi connectivity index (χ1) is 9.24. The van der Waals surface area contributed by atoms with Gasteiger partial charge in [-0.05, 0) is 43.7 Å². The molecule has 4 nitrogen and oxygen atoms in total. The predicted molar refractivity (Wildman–Crippen MR) is 71.2 cm³/mol. The first-order valence-corrected chi connectivity index (χ1v) is 6.43. The van der Waals surface area contributed by atoms with Gasteiger partial charge in [0.1, 0.15) is 5.76 Å². The summed E-state index contributed by atoms with van der Waals surface area (Å²) in [6.45, 7) is 4.52. The molecule has 100 valence electrons. The lowest BCUT2D eigenvalue weighted by atomic mass is 10.1. The minimum absolute atomic E-state index is 0.162. The van der Waals surface area contributed by atoms with Crippen molar-refractivity contribution >= 4 is 0 Å². The van der Waals surface area contributed by atoms with Gasteiger partial charge in [0.25, 0.3) is 0 Å². The van der Waals surface area contributed by atoms with Gasteiger partial charge in [-0.15, -0.1) is 0 Å². The lowest BCUT2D eigenvalue weighted by Gasteiger charge is -2.19. The van der Waals surface area contributed by atoms with Gasteiger partial charge >= 0.3 is 0 Å². The molecule has 0 spiro atoms. The maximum Gasteiger partial charge on any atom is 0.231 e. The predicted octanol–water partition coefficient (Wildman–Crippen LogP) is 3.42. The van der Waals surface area contributed by atoms with Gasteiger partial charge in [-0.3, -0.25) is 0 Å². The van der Waals surface area contributed by atoms with Crippen molar-refractivity contribution in [2.45, 2.75) is 25.9 Å². The third-order valence-electron chi connectivity index (χ3n) is 3.37. The molecule has 0 bridgehead atoms. The lowest BCUT2D eigenvalue weighted by Crippen LogP contribution is -2.22. The van der Waals surface area contributed by atoms with Crippen LogP contribution in [0.15, 0.2) is 41.0 Å². The van der Waals surface area contributed by atoms with Crippen molar-refractivity contribution in [1.29, 1.82) is 0 Å². The van der Waals surface area contributed by atoms with Crippen LogP contribution in [0.5, 0.6) is 11.5 Å². The van der Waals surface area contributed by atoms with Crippen molar-refractivity contribution in [3.05, 3.63) is 47.9 Å². The van der Waals surface area contributed by atoms with E-state index < -0.39 is 0 Å². The van der Waals surface area contributed by atoms with E-state index >= 15 is 0 Å².